The predicted octanol–water partition coefficient (Wildman–Crippen LogP) is 2.97. The second-order valence-corrected chi connectivity index (χ2v) is 4.91. The van der Waals surface area contributed by atoms with Gasteiger partial charge >= 0.3 is 0 Å². The monoisotopic (exact) mass is 253 g/mol. The van der Waals surface area contributed by atoms with E-state index >= 15 is 0 Å². The summed E-state index contributed by atoms with van der Waals surface area (Å²) in [4.78, 5) is 11.8. The van der Waals surface area contributed by atoms with Gasteiger partial charge in [-0.2, -0.15) is 0 Å². The third kappa shape index (κ3) is 3.63. The molecule has 0 radical (unpaired) electrons. The summed E-state index contributed by atoms with van der Waals surface area (Å²) in [5.41, 5.74) is 0.332. The number of phenols is 1. The molecule has 0 saturated heterocycles. The first-order valence-electron chi connectivity index (χ1n) is 5.93. The van der Waals surface area contributed by atoms with Crippen LogP contribution in [0.2, 0.25) is 5.02 Å². The molecule has 2 rings (SSSR count). The van der Waals surface area contributed by atoms with Crippen LogP contribution in [0.5, 0.6) is 5.75 Å². The molecule has 0 aromatic heterocycles. The molecule has 4 heteroatoms. The van der Waals surface area contributed by atoms with Crippen molar-refractivity contribution in [2.24, 2.45) is 5.92 Å². The molecule has 0 bridgehead atoms. The van der Waals surface area contributed by atoms with Crippen molar-refractivity contribution in [1.82, 2.24) is 5.32 Å². The second-order valence-electron chi connectivity index (χ2n) is 4.51. The summed E-state index contributed by atoms with van der Waals surface area (Å²) in [5.74, 6) is 0.718. The topological polar surface area (TPSA) is 49.3 Å². The Morgan fingerprint density at radius 3 is 2.94 bits per heavy atom. The number of hydrogen-bond donors (Lipinski definition) is 2. The maximum atomic E-state index is 11.8. The number of nitrogens with one attached hydrogen (secondary N) is 1. The average molecular weight is 254 g/mol. The van der Waals surface area contributed by atoms with E-state index < -0.39 is 0 Å². The molecular formula is C13H16ClNO2. The third-order valence-corrected chi connectivity index (χ3v) is 3.30. The number of hydrogen-bond acceptors (Lipinski definition) is 2. The van der Waals surface area contributed by atoms with Gasteiger partial charge in [0.2, 0.25) is 0 Å². The SMILES string of the molecule is O=C(NCCCC1CC1)c1cc(O)ccc1Cl. The van der Waals surface area contributed by atoms with Gasteiger partial charge in [0.05, 0.1) is 10.6 Å². The minimum absolute atomic E-state index is 0.0533. The lowest BCUT2D eigenvalue weighted by atomic mass is 10.2. The molecular weight excluding hydrogens is 238 g/mol. The number of benzene rings is 1. The van der Waals surface area contributed by atoms with E-state index in [1.165, 1.54) is 37.5 Å². The van der Waals surface area contributed by atoms with E-state index in [9.17, 15) is 9.90 Å². The summed E-state index contributed by atoms with van der Waals surface area (Å²) in [6.45, 7) is 0.668. The molecule has 0 atom stereocenters. The van der Waals surface area contributed by atoms with Gasteiger partial charge in [-0.25, -0.2) is 0 Å². The minimum Gasteiger partial charge on any atom is -0.508 e. The molecule has 1 aromatic carbocycles. The van der Waals surface area contributed by atoms with Crippen molar-refractivity contribution in [3.05, 3.63) is 28.8 Å². The molecule has 1 aliphatic carbocycles. The molecule has 0 heterocycles. The van der Waals surface area contributed by atoms with Crippen molar-refractivity contribution in [1.29, 1.82) is 0 Å². The Kier molecular flexibility index (Phi) is 3.89. The van der Waals surface area contributed by atoms with Crippen LogP contribution in [0.15, 0.2) is 18.2 Å². The van der Waals surface area contributed by atoms with Crippen LogP contribution in [-0.4, -0.2) is 17.6 Å². The lowest BCUT2D eigenvalue weighted by Gasteiger charge is -2.06. The number of phenolic OH excluding ortho intramolecular Hbond substituents is 1. The zero-order chi connectivity index (χ0) is 12.3. The third-order valence-electron chi connectivity index (χ3n) is 2.97. The first-order chi connectivity index (χ1) is 8.16. The van der Waals surface area contributed by atoms with Crippen molar-refractivity contribution in [3.8, 4) is 5.75 Å². The predicted molar refractivity (Wildman–Crippen MR) is 67.4 cm³/mol. The lowest BCUT2D eigenvalue weighted by molar-refractivity contribution is 0.0952. The Morgan fingerprint density at radius 1 is 1.47 bits per heavy atom. The van der Waals surface area contributed by atoms with E-state index in [0.717, 1.165) is 12.3 Å². The van der Waals surface area contributed by atoms with Crippen LogP contribution < -0.4 is 5.32 Å². The molecule has 0 aliphatic heterocycles. The normalized spacial score (nSPS) is 14.6. The fraction of sp³-hybridized carbons (Fsp3) is 0.462. The highest BCUT2D eigenvalue weighted by Gasteiger charge is 2.20. The lowest BCUT2D eigenvalue weighted by Crippen LogP contribution is -2.24. The average Bonchev–Trinajstić information content (AvgIpc) is 3.11. The highest BCUT2D eigenvalue weighted by atomic mass is 35.5. The molecule has 1 saturated carbocycles. The zero-order valence-electron chi connectivity index (χ0n) is 9.58. The van der Waals surface area contributed by atoms with Crippen LogP contribution in [-0.2, 0) is 0 Å². The molecule has 17 heavy (non-hydrogen) atoms. The highest BCUT2D eigenvalue weighted by molar-refractivity contribution is 6.33. The van der Waals surface area contributed by atoms with E-state index in [4.69, 9.17) is 11.6 Å². The molecule has 3 nitrogen and oxygen atoms in total. The van der Waals surface area contributed by atoms with Gasteiger partial charge in [-0.1, -0.05) is 24.4 Å². The Hall–Kier alpha value is -1.22. The van der Waals surface area contributed by atoms with Crippen LogP contribution in [0, 0.1) is 5.92 Å². The summed E-state index contributed by atoms with van der Waals surface area (Å²) in [7, 11) is 0. The summed E-state index contributed by atoms with van der Waals surface area (Å²) >= 11 is 5.89. The molecule has 1 aliphatic rings. The van der Waals surface area contributed by atoms with Gasteiger partial charge in [-0.3, -0.25) is 4.79 Å². The Labute approximate surface area is 106 Å². The molecule has 0 unspecified atom stereocenters. The van der Waals surface area contributed by atoms with Crippen molar-refractivity contribution in [2.75, 3.05) is 6.54 Å². The van der Waals surface area contributed by atoms with Gasteiger partial charge in [-0.15, -0.1) is 0 Å². The quantitative estimate of drug-likeness (QED) is 0.793. The van der Waals surface area contributed by atoms with E-state index in [1.54, 1.807) is 0 Å². The molecule has 0 spiro atoms. The maximum absolute atomic E-state index is 11.8. The van der Waals surface area contributed by atoms with E-state index in [0.29, 0.717) is 17.1 Å². The molecule has 1 fully saturated rings. The fourth-order valence-corrected chi connectivity index (χ4v) is 1.99. The number of rotatable bonds is 5. The van der Waals surface area contributed by atoms with E-state index in [2.05, 4.69) is 5.32 Å². The molecule has 1 amide bonds. The van der Waals surface area contributed by atoms with Gasteiger partial charge < -0.3 is 10.4 Å². The number of aromatic hydroxyl groups is 1. The Bertz CT molecular complexity index is 416. The van der Waals surface area contributed by atoms with Crippen LogP contribution in [0.4, 0.5) is 0 Å². The van der Waals surface area contributed by atoms with Crippen molar-refractivity contribution < 1.29 is 9.90 Å². The van der Waals surface area contributed by atoms with Gasteiger partial charge in [0.25, 0.3) is 5.91 Å². The standard InChI is InChI=1S/C13H16ClNO2/c14-12-6-5-10(16)8-11(12)13(17)15-7-1-2-9-3-4-9/h5-6,8-9,16H,1-4,7H2,(H,15,17). The van der Waals surface area contributed by atoms with Crippen LogP contribution in [0.25, 0.3) is 0 Å². The number of carbonyl (C=O) groups excluding carboxylic acids is 1. The van der Waals surface area contributed by atoms with Gasteiger partial charge in [0.1, 0.15) is 5.75 Å². The molecule has 1 aromatic rings. The zero-order valence-corrected chi connectivity index (χ0v) is 10.3. The fourth-order valence-electron chi connectivity index (χ4n) is 1.78. The largest absolute Gasteiger partial charge is 0.508 e. The summed E-state index contributed by atoms with van der Waals surface area (Å²) in [5, 5.41) is 12.5. The molecule has 2 N–H and O–H groups in total. The summed E-state index contributed by atoms with van der Waals surface area (Å²) < 4.78 is 0. The Morgan fingerprint density at radius 2 is 2.24 bits per heavy atom. The van der Waals surface area contributed by atoms with E-state index in [1.807, 2.05) is 0 Å². The second kappa shape index (κ2) is 5.41. The number of halogens is 1. The van der Waals surface area contributed by atoms with Crippen molar-refractivity contribution >= 4 is 17.5 Å². The van der Waals surface area contributed by atoms with E-state index in [-0.39, 0.29) is 11.7 Å². The first-order valence-corrected chi connectivity index (χ1v) is 6.31. The number of amides is 1. The van der Waals surface area contributed by atoms with Crippen LogP contribution in [0.1, 0.15) is 36.0 Å². The summed E-state index contributed by atoms with van der Waals surface area (Å²) in [6.07, 6.45) is 4.87. The Balaban J connectivity index is 1.82. The molecule has 92 valence electrons. The smallest absolute Gasteiger partial charge is 0.252 e. The highest BCUT2D eigenvalue weighted by Crippen LogP contribution is 2.33. The van der Waals surface area contributed by atoms with Crippen molar-refractivity contribution in [3.63, 3.8) is 0 Å². The minimum atomic E-state index is -0.221. The first kappa shape index (κ1) is 12.2. The number of carbonyl (C=O) groups is 1. The van der Waals surface area contributed by atoms with Crippen LogP contribution in [0.3, 0.4) is 0 Å². The van der Waals surface area contributed by atoms with Crippen molar-refractivity contribution in [2.45, 2.75) is 25.7 Å². The van der Waals surface area contributed by atoms with Gasteiger partial charge in [-0.05, 0) is 37.0 Å². The van der Waals surface area contributed by atoms with Crippen LogP contribution >= 0.6 is 11.6 Å². The van der Waals surface area contributed by atoms with Gasteiger partial charge in [0, 0.05) is 6.54 Å². The summed E-state index contributed by atoms with van der Waals surface area (Å²) in [6, 6.07) is 4.38. The van der Waals surface area contributed by atoms with Gasteiger partial charge in [0.15, 0.2) is 0 Å². The maximum Gasteiger partial charge on any atom is 0.252 e.